The van der Waals surface area contributed by atoms with E-state index in [1.807, 2.05) is 34.6 Å². The van der Waals surface area contributed by atoms with Crippen LogP contribution in [0.3, 0.4) is 0 Å². The van der Waals surface area contributed by atoms with Crippen molar-refractivity contribution in [2.24, 2.45) is 50.7 Å². The third kappa shape index (κ3) is 5.68. The minimum absolute atomic E-state index is 0.00623. The number of β-amino-alcohol motifs (C(OH)–C–C–N with tert-alkyl or cyclic N) is 1. The van der Waals surface area contributed by atoms with Crippen molar-refractivity contribution in [3.05, 3.63) is 0 Å². The maximum atomic E-state index is 12.7. The van der Waals surface area contributed by atoms with Gasteiger partial charge in [0.1, 0.15) is 6.10 Å². The minimum atomic E-state index is -1.02. The lowest BCUT2D eigenvalue weighted by Gasteiger charge is -2.64. The molecule has 5 saturated carbocycles. The Morgan fingerprint density at radius 2 is 1.60 bits per heavy atom. The molecule has 3 unspecified atom stereocenters. The number of aliphatic hydroxyl groups is 3. The van der Waals surface area contributed by atoms with Gasteiger partial charge >= 0.3 is 0 Å². The molecular weight excluding hydrogens is 668 g/mol. The molecule has 0 bridgehead atoms. The van der Waals surface area contributed by atoms with Crippen LogP contribution in [-0.4, -0.2) is 125 Å². The highest BCUT2D eigenvalue weighted by Crippen LogP contribution is 2.89. The molecule has 0 radical (unpaired) electrons. The van der Waals surface area contributed by atoms with Gasteiger partial charge in [-0.05, 0) is 138 Å². The largest absolute Gasteiger partial charge is 0.390 e. The normalized spacial score (nSPS) is 49.8. The maximum absolute atomic E-state index is 12.7. The van der Waals surface area contributed by atoms with E-state index in [4.69, 9.17) is 18.9 Å². The molecule has 0 aromatic rings. The first-order valence-corrected chi connectivity index (χ1v) is 21.7. The van der Waals surface area contributed by atoms with Gasteiger partial charge in [-0.2, -0.15) is 0 Å². The molecule has 8 aliphatic rings. The lowest BCUT2D eigenvalue weighted by molar-refractivity contribution is -0.259. The van der Waals surface area contributed by atoms with Crippen LogP contribution in [0, 0.1) is 50.7 Å². The standard InChI is InChI=1S/C44H76N2O7/c1-12-50-36(39(7,8)49)28-21-27(2)33-34(52-28)35(47)42(11)30-14-13-29-38(5,6)31(15-16-43(29)23-44(30,43)18-17-41(33,42)10)53-32-22-46(19-20-51-32)40(9)25-45(26-40)24-37(3,4)48/h27-36,47-49H,12-26H2,1-11H3/t27-,28?,29+,30?,31+,32+,33+,34?,35+,36+,41-,42-,43-,44+/m1/s1. The number of likely N-dealkylation sites (tertiary alicyclic amines) is 1. The topological polar surface area (TPSA) is 104 Å². The van der Waals surface area contributed by atoms with Crippen LogP contribution in [0.5, 0.6) is 0 Å². The second-order valence-corrected chi connectivity index (χ2v) is 22.4. The summed E-state index contributed by atoms with van der Waals surface area (Å²) in [6.45, 7) is 29.8. The van der Waals surface area contributed by atoms with Crippen molar-refractivity contribution in [1.82, 2.24) is 9.80 Å². The molecule has 2 spiro atoms. The van der Waals surface area contributed by atoms with Gasteiger partial charge < -0.3 is 34.3 Å². The molecule has 14 atom stereocenters. The van der Waals surface area contributed by atoms with Crippen molar-refractivity contribution < 1.29 is 34.3 Å². The molecule has 3 aliphatic heterocycles. The summed E-state index contributed by atoms with van der Waals surface area (Å²) >= 11 is 0. The first-order chi connectivity index (χ1) is 24.6. The molecule has 0 aromatic carbocycles. The fraction of sp³-hybridized carbons (Fsp3) is 1.00. The second kappa shape index (κ2) is 12.6. The molecule has 3 saturated heterocycles. The van der Waals surface area contributed by atoms with Crippen molar-refractivity contribution in [1.29, 1.82) is 0 Å². The number of morpholine rings is 1. The summed E-state index contributed by atoms with van der Waals surface area (Å²) in [5.41, 5.74) is -1.15. The molecule has 5 aliphatic carbocycles. The molecule has 0 amide bonds. The van der Waals surface area contributed by atoms with E-state index in [0.29, 0.717) is 48.8 Å². The lowest BCUT2D eigenvalue weighted by atomic mass is 9.41. The molecule has 3 N–H and O–H groups in total. The number of aliphatic hydroxyl groups excluding tert-OH is 1. The summed E-state index contributed by atoms with van der Waals surface area (Å²) in [6, 6.07) is 0. The van der Waals surface area contributed by atoms with Gasteiger partial charge in [0.05, 0.1) is 48.8 Å². The van der Waals surface area contributed by atoms with Gasteiger partial charge in [0.15, 0.2) is 6.29 Å². The van der Waals surface area contributed by atoms with Gasteiger partial charge in [0.25, 0.3) is 0 Å². The van der Waals surface area contributed by atoms with Gasteiger partial charge in [0, 0.05) is 43.7 Å². The first-order valence-electron chi connectivity index (χ1n) is 21.7. The van der Waals surface area contributed by atoms with E-state index in [2.05, 4.69) is 51.3 Å². The first kappa shape index (κ1) is 39.5. The Hall–Kier alpha value is -0.360. The van der Waals surface area contributed by atoms with Crippen LogP contribution in [0.25, 0.3) is 0 Å². The molecule has 9 heteroatoms. The zero-order valence-electron chi connectivity index (χ0n) is 35.2. The monoisotopic (exact) mass is 745 g/mol. The average Bonchev–Trinajstić information content (AvgIpc) is 3.67. The predicted molar refractivity (Wildman–Crippen MR) is 205 cm³/mol. The van der Waals surface area contributed by atoms with Crippen molar-refractivity contribution in [3.63, 3.8) is 0 Å². The van der Waals surface area contributed by atoms with Gasteiger partial charge in [-0.15, -0.1) is 0 Å². The number of hydrogen-bond acceptors (Lipinski definition) is 9. The van der Waals surface area contributed by atoms with Crippen molar-refractivity contribution in [2.45, 2.75) is 181 Å². The Morgan fingerprint density at radius 1 is 0.925 bits per heavy atom. The predicted octanol–water partition coefficient (Wildman–Crippen LogP) is 5.86. The zero-order chi connectivity index (χ0) is 38.4. The van der Waals surface area contributed by atoms with Crippen LogP contribution in [0.2, 0.25) is 0 Å². The van der Waals surface area contributed by atoms with Crippen LogP contribution in [0.4, 0.5) is 0 Å². The van der Waals surface area contributed by atoms with Crippen molar-refractivity contribution in [2.75, 3.05) is 45.9 Å². The summed E-state index contributed by atoms with van der Waals surface area (Å²) in [5, 5.41) is 34.1. The van der Waals surface area contributed by atoms with Crippen LogP contribution in [-0.2, 0) is 18.9 Å². The molecule has 0 aromatic heterocycles. The molecular formula is C44H76N2O7. The Morgan fingerprint density at radius 3 is 2.26 bits per heavy atom. The molecule has 8 fully saturated rings. The second-order valence-electron chi connectivity index (χ2n) is 22.4. The lowest BCUT2D eigenvalue weighted by Crippen LogP contribution is -2.72. The van der Waals surface area contributed by atoms with Crippen molar-refractivity contribution >= 4 is 0 Å². The van der Waals surface area contributed by atoms with Crippen LogP contribution < -0.4 is 0 Å². The smallest absolute Gasteiger partial charge is 0.170 e. The van der Waals surface area contributed by atoms with Gasteiger partial charge in [-0.25, -0.2) is 0 Å². The van der Waals surface area contributed by atoms with Gasteiger partial charge in [0.2, 0.25) is 0 Å². The van der Waals surface area contributed by atoms with E-state index in [0.717, 1.165) is 45.4 Å². The summed E-state index contributed by atoms with van der Waals surface area (Å²) < 4.78 is 26.5. The maximum Gasteiger partial charge on any atom is 0.170 e. The molecule has 9 nitrogen and oxygen atoms in total. The third-order valence-corrected chi connectivity index (χ3v) is 18.0. The van der Waals surface area contributed by atoms with E-state index in [1.54, 1.807) is 0 Å². The molecule has 304 valence electrons. The Kier molecular flexibility index (Phi) is 9.36. The van der Waals surface area contributed by atoms with E-state index >= 15 is 0 Å². The molecule has 53 heavy (non-hydrogen) atoms. The number of nitrogens with zero attached hydrogens (tertiary/aromatic N) is 2. The summed E-state index contributed by atoms with van der Waals surface area (Å²) in [5.74, 6) is 1.78. The number of fused-ring (bicyclic) bond motifs is 4. The highest BCUT2D eigenvalue weighted by molar-refractivity contribution is 5.33. The summed E-state index contributed by atoms with van der Waals surface area (Å²) in [6.07, 6.45) is 7.80. The van der Waals surface area contributed by atoms with Crippen LogP contribution in [0.1, 0.15) is 128 Å². The van der Waals surface area contributed by atoms with Gasteiger partial charge in [-0.1, -0.05) is 34.6 Å². The van der Waals surface area contributed by atoms with Crippen LogP contribution in [0.15, 0.2) is 0 Å². The highest BCUT2D eigenvalue weighted by atomic mass is 16.7. The van der Waals surface area contributed by atoms with Gasteiger partial charge in [-0.3, -0.25) is 9.80 Å². The highest BCUT2D eigenvalue weighted by Gasteiger charge is 2.84. The number of rotatable bonds is 9. The van der Waals surface area contributed by atoms with E-state index < -0.39 is 23.4 Å². The molecule has 3 heterocycles. The Bertz CT molecular complexity index is 1390. The zero-order valence-corrected chi connectivity index (χ0v) is 35.2. The van der Waals surface area contributed by atoms with Crippen molar-refractivity contribution in [3.8, 4) is 0 Å². The Labute approximate surface area is 321 Å². The number of hydrogen-bond donors (Lipinski definition) is 3. The fourth-order valence-corrected chi connectivity index (χ4v) is 15.8. The van der Waals surface area contributed by atoms with E-state index in [-0.39, 0.29) is 51.8 Å². The molecule has 8 rings (SSSR count). The number of ether oxygens (including phenoxy) is 4. The summed E-state index contributed by atoms with van der Waals surface area (Å²) in [4.78, 5) is 4.95. The van der Waals surface area contributed by atoms with E-state index in [1.165, 1.54) is 32.1 Å². The SMILES string of the molecule is CCO[C@@H](C1C[C@@H](C)[C@H]2C(O1)[C@H](O)[C@@]1(C)C3CC[C@H]4C(C)(C)[C@@H](O[C@H]5CN(C6(C)CN(CC(C)(C)O)C6)CCO5)CC[C@@]45C[C@@]35CC[C@]21C)C(C)(C)O. The van der Waals surface area contributed by atoms with Crippen LogP contribution >= 0.6 is 0 Å². The quantitative estimate of drug-likeness (QED) is 0.268. The fourth-order valence-electron chi connectivity index (χ4n) is 15.8. The summed E-state index contributed by atoms with van der Waals surface area (Å²) in [7, 11) is 0. The third-order valence-electron chi connectivity index (χ3n) is 18.0. The Balaban J connectivity index is 0.972. The average molecular weight is 745 g/mol. The minimum Gasteiger partial charge on any atom is -0.390 e. The van der Waals surface area contributed by atoms with E-state index in [9.17, 15) is 15.3 Å².